The Morgan fingerprint density at radius 2 is 1.39 bits per heavy atom. The van der Waals surface area contributed by atoms with Crippen LogP contribution in [0.2, 0.25) is 0 Å². The highest BCUT2D eigenvalue weighted by molar-refractivity contribution is 6.04. The van der Waals surface area contributed by atoms with Gasteiger partial charge in [0.2, 0.25) is 0 Å². The van der Waals surface area contributed by atoms with E-state index in [2.05, 4.69) is 103 Å². The molecule has 0 amide bonds. The number of fused-ring (bicyclic) bond motifs is 4. The standard InChI is InChI=1S/C30H22O/c31-19-29-24-14-15-25(18-24)30(29)21-12-9-20(10-13-21)11-16-28-26-7-3-1-5-22(26)17-23-6-2-4-8-27(23)28/h1-10,12-15,17,19,24-25,29-30H,18H2. The Hall–Kier alpha value is -3.63. The molecule has 0 N–H and O–H groups in total. The average molecular weight is 399 g/mol. The van der Waals surface area contributed by atoms with Crippen LogP contribution in [0.4, 0.5) is 0 Å². The lowest BCUT2D eigenvalue weighted by Gasteiger charge is -2.24. The molecule has 2 bridgehead atoms. The molecule has 4 atom stereocenters. The summed E-state index contributed by atoms with van der Waals surface area (Å²) < 4.78 is 0. The minimum atomic E-state index is 0.119. The van der Waals surface area contributed by atoms with Crippen molar-refractivity contribution in [3.63, 3.8) is 0 Å². The number of hydrogen-bond donors (Lipinski definition) is 0. The largest absolute Gasteiger partial charge is 0.303 e. The van der Waals surface area contributed by atoms with E-state index in [1.54, 1.807) is 0 Å². The Balaban J connectivity index is 1.38. The van der Waals surface area contributed by atoms with Gasteiger partial charge in [0.25, 0.3) is 0 Å². The first-order valence-corrected chi connectivity index (χ1v) is 11.0. The van der Waals surface area contributed by atoms with Gasteiger partial charge in [0.05, 0.1) is 0 Å². The third kappa shape index (κ3) is 2.99. The van der Waals surface area contributed by atoms with E-state index in [9.17, 15) is 4.79 Å². The maximum atomic E-state index is 11.7. The van der Waals surface area contributed by atoms with Crippen molar-refractivity contribution in [2.75, 3.05) is 0 Å². The Bertz CT molecular complexity index is 1340. The molecule has 148 valence electrons. The van der Waals surface area contributed by atoms with Crippen LogP contribution in [0.1, 0.15) is 29.0 Å². The Kier molecular flexibility index (Phi) is 4.25. The van der Waals surface area contributed by atoms with Gasteiger partial charge >= 0.3 is 0 Å². The van der Waals surface area contributed by atoms with Crippen molar-refractivity contribution in [1.29, 1.82) is 0 Å². The molecule has 1 saturated carbocycles. The second-order valence-corrected chi connectivity index (χ2v) is 8.75. The van der Waals surface area contributed by atoms with E-state index < -0.39 is 0 Å². The summed E-state index contributed by atoms with van der Waals surface area (Å²) in [6.45, 7) is 0. The lowest BCUT2D eigenvalue weighted by atomic mass is 9.79. The first kappa shape index (κ1) is 18.2. The second-order valence-electron chi connectivity index (χ2n) is 8.75. The van der Waals surface area contributed by atoms with Gasteiger partial charge in [-0.2, -0.15) is 0 Å². The number of rotatable bonds is 2. The highest BCUT2D eigenvalue weighted by atomic mass is 16.1. The summed E-state index contributed by atoms with van der Waals surface area (Å²) in [6, 6.07) is 27.7. The Morgan fingerprint density at radius 1 is 0.742 bits per heavy atom. The smallest absolute Gasteiger partial charge is 0.124 e. The van der Waals surface area contributed by atoms with E-state index in [0.29, 0.717) is 17.8 Å². The fourth-order valence-electron chi connectivity index (χ4n) is 5.59. The van der Waals surface area contributed by atoms with Gasteiger partial charge in [-0.1, -0.05) is 84.7 Å². The van der Waals surface area contributed by atoms with Gasteiger partial charge in [0.1, 0.15) is 6.29 Å². The molecule has 2 aliphatic rings. The minimum Gasteiger partial charge on any atom is -0.303 e. The molecule has 0 radical (unpaired) electrons. The van der Waals surface area contributed by atoms with Crippen LogP contribution in [0.15, 0.2) is 91.0 Å². The molecule has 6 rings (SSSR count). The molecule has 1 fully saturated rings. The summed E-state index contributed by atoms with van der Waals surface area (Å²) in [7, 11) is 0. The third-order valence-electron chi connectivity index (χ3n) is 7.08. The molecule has 0 aliphatic heterocycles. The number of carbonyl (C=O) groups is 1. The predicted octanol–water partition coefficient (Wildman–Crippen LogP) is 6.50. The molecule has 0 spiro atoms. The fourth-order valence-corrected chi connectivity index (χ4v) is 5.59. The predicted molar refractivity (Wildman–Crippen MR) is 127 cm³/mol. The van der Waals surface area contributed by atoms with E-state index in [4.69, 9.17) is 0 Å². The highest BCUT2D eigenvalue weighted by Gasteiger charge is 2.44. The second kappa shape index (κ2) is 7.25. The van der Waals surface area contributed by atoms with Crippen molar-refractivity contribution in [3.05, 3.63) is 108 Å². The molecule has 1 heteroatoms. The zero-order chi connectivity index (χ0) is 20.8. The minimum absolute atomic E-state index is 0.119. The summed E-state index contributed by atoms with van der Waals surface area (Å²) in [4.78, 5) is 11.7. The lowest BCUT2D eigenvalue weighted by molar-refractivity contribution is -0.112. The van der Waals surface area contributed by atoms with Crippen molar-refractivity contribution < 1.29 is 4.79 Å². The fraction of sp³-hybridized carbons (Fsp3) is 0.167. The summed E-state index contributed by atoms with van der Waals surface area (Å²) in [5.74, 6) is 8.21. The van der Waals surface area contributed by atoms with Crippen LogP contribution >= 0.6 is 0 Å². The first-order valence-electron chi connectivity index (χ1n) is 11.0. The SMILES string of the molecule is O=CC1C2C=CC(C2)C1c1ccc(C#Cc2c3ccccc3cc3ccccc23)cc1. The van der Waals surface area contributed by atoms with Crippen molar-refractivity contribution >= 4 is 27.8 Å². The van der Waals surface area contributed by atoms with Gasteiger partial charge < -0.3 is 4.79 Å². The first-order chi connectivity index (χ1) is 15.3. The quantitative estimate of drug-likeness (QED) is 0.163. The van der Waals surface area contributed by atoms with Crippen LogP contribution in [0.5, 0.6) is 0 Å². The van der Waals surface area contributed by atoms with Crippen LogP contribution < -0.4 is 0 Å². The molecule has 31 heavy (non-hydrogen) atoms. The van der Waals surface area contributed by atoms with E-state index in [1.165, 1.54) is 27.1 Å². The summed E-state index contributed by atoms with van der Waals surface area (Å²) in [6.07, 6.45) is 6.81. The van der Waals surface area contributed by atoms with Crippen LogP contribution in [0.3, 0.4) is 0 Å². The Morgan fingerprint density at radius 3 is 2.06 bits per heavy atom. The topological polar surface area (TPSA) is 17.1 Å². The Labute approximate surface area is 182 Å². The highest BCUT2D eigenvalue weighted by Crippen LogP contribution is 2.52. The number of benzene rings is 4. The van der Waals surface area contributed by atoms with E-state index in [1.807, 2.05) is 0 Å². The number of hydrogen-bond acceptors (Lipinski definition) is 1. The lowest BCUT2D eigenvalue weighted by Crippen LogP contribution is -2.18. The van der Waals surface area contributed by atoms with Crippen molar-refractivity contribution in [3.8, 4) is 11.8 Å². The van der Waals surface area contributed by atoms with Gasteiger partial charge in [0.15, 0.2) is 0 Å². The van der Waals surface area contributed by atoms with Gasteiger partial charge in [-0.15, -0.1) is 0 Å². The maximum Gasteiger partial charge on any atom is 0.124 e. The summed E-state index contributed by atoms with van der Waals surface area (Å²) in [5, 5.41) is 4.80. The molecule has 0 heterocycles. The van der Waals surface area contributed by atoms with Crippen LogP contribution in [0.25, 0.3) is 21.5 Å². The number of aldehydes is 1. The molecule has 2 aliphatic carbocycles. The van der Waals surface area contributed by atoms with Gasteiger partial charge in [-0.25, -0.2) is 0 Å². The van der Waals surface area contributed by atoms with E-state index in [0.717, 1.165) is 23.8 Å². The molecule has 1 nitrogen and oxygen atoms in total. The van der Waals surface area contributed by atoms with Gasteiger partial charge in [-0.05, 0) is 63.6 Å². The van der Waals surface area contributed by atoms with Gasteiger partial charge in [-0.3, -0.25) is 0 Å². The molecule has 4 aromatic carbocycles. The molecule has 4 aromatic rings. The van der Waals surface area contributed by atoms with Crippen LogP contribution in [-0.4, -0.2) is 6.29 Å². The van der Waals surface area contributed by atoms with Crippen molar-refractivity contribution in [1.82, 2.24) is 0 Å². The summed E-state index contributed by atoms with van der Waals surface area (Å²) in [5.41, 5.74) is 3.34. The number of allylic oxidation sites excluding steroid dienone is 2. The monoisotopic (exact) mass is 398 g/mol. The van der Waals surface area contributed by atoms with E-state index >= 15 is 0 Å². The van der Waals surface area contributed by atoms with Crippen molar-refractivity contribution in [2.45, 2.75) is 12.3 Å². The molecule has 0 aromatic heterocycles. The van der Waals surface area contributed by atoms with Crippen LogP contribution in [0, 0.1) is 29.6 Å². The zero-order valence-electron chi connectivity index (χ0n) is 17.2. The molecular formula is C30H22O. The van der Waals surface area contributed by atoms with E-state index in [-0.39, 0.29) is 5.92 Å². The molecule has 4 unspecified atom stereocenters. The zero-order valence-corrected chi connectivity index (χ0v) is 17.2. The van der Waals surface area contributed by atoms with Gasteiger partial charge in [0, 0.05) is 23.0 Å². The molecular weight excluding hydrogens is 376 g/mol. The molecule has 0 saturated heterocycles. The number of carbonyl (C=O) groups excluding carboxylic acids is 1. The van der Waals surface area contributed by atoms with Crippen LogP contribution in [-0.2, 0) is 4.79 Å². The maximum absolute atomic E-state index is 11.7. The summed E-state index contributed by atoms with van der Waals surface area (Å²) >= 11 is 0. The average Bonchev–Trinajstić information content (AvgIpc) is 3.44. The normalized spacial score (nSPS) is 23.7. The third-order valence-corrected chi connectivity index (χ3v) is 7.08. The van der Waals surface area contributed by atoms with Crippen molar-refractivity contribution in [2.24, 2.45) is 17.8 Å².